The lowest BCUT2D eigenvalue weighted by molar-refractivity contribution is -0.137. The van der Waals surface area contributed by atoms with E-state index in [4.69, 9.17) is 21.4 Å². The average Bonchev–Trinajstić information content (AvgIpc) is 3.14. The van der Waals surface area contributed by atoms with Crippen molar-refractivity contribution in [2.75, 3.05) is 7.11 Å². The van der Waals surface area contributed by atoms with Gasteiger partial charge in [0.25, 0.3) is 0 Å². The number of benzene rings is 2. The van der Waals surface area contributed by atoms with E-state index in [-0.39, 0.29) is 31.2 Å². The Morgan fingerprint density at radius 2 is 1.82 bits per heavy atom. The highest BCUT2D eigenvalue weighted by molar-refractivity contribution is 6.30. The fourth-order valence-corrected chi connectivity index (χ4v) is 3.27. The van der Waals surface area contributed by atoms with Gasteiger partial charge in [0, 0.05) is 24.3 Å². The SMILES string of the molecule is COc1ccc(C2=NN(C(=O)CCCC(=O)O)[C@H](c3ccc(Cl)cc3)C2)cc1. The van der Waals surface area contributed by atoms with Crippen LogP contribution in [0.4, 0.5) is 0 Å². The van der Waals surface area contributed by atoms with Crippen LogP contribution >= 0.6 is 11.6 Å². The standard InChI is InChI=1S/C21H21ClN2O4/c1-28-17-11-7-14(8-12-17)18-13-19(15-5-9-16(22)10-6-15)24(23-18)20(25)3-2-4-21(26)27/h5-12,19H,2-4,13H2,1H3,(H,26,27)/t19-/m0/s1. The molecule has 0 saturated carbocycles. The van der Waals surface area contributed by atoms with Crippen LogP contribution in [0.1, 0.15) is 42.9 Å². The summed E-state index contributed by atoms with van der Waals surface area (Å²) in [4.78, 5) is 23.5. The van der Waals surface area contributed by atoms with Crippen LogP contribution in [-0.4, -0.2) is 34.8 Å². The van der Waals surface area contributed by atoms with Crippen molar-refractivity contribution in [1.29, 1.82) is 0 Å². The largest absolute Gasteiger partial charge is 0.497 e. The molecule has 6 nitrogen and oxygen atoms in total. The van der Waals surface area contributed by atoms with Gasteiger partial charge < -0.3 is 9.84 Å². The van der Waals surface area contributed by atoms with Crippen molar-refractivity contribution in [3.63, 3.8) is 0 Å². The monoisotopic (exact) mass is 400 g/mol. The third kappa shape index (κ3) is 4.70. The molecule has 1 N–H and O–H groups in total. The van der Waals surface area contributed by atoms with Crippen molar-refractivity contribution in [3.05, 3.63) is 64.7 Å². The molecule has 1 atom stereocenters. The summed E-state index contributed by atoms with van der Waals surface area (Å²) in [6.07, 6.45) is 0.944. The Balaban J connectivity index is 1.84. The Bertz CT molecular complexity index is 878. The molecule has 3 rings (SSSR count). The Kier molecular flexibility index (Phi) is 6.31. The van der Waals surface area contributed by atoms with Gasteiger partial charge in [0.15, 0.2) is 0 Å². The first kappa shape index (κ1) is 19.9. The van der Waals surface area contributed by atoms with Crippen LogP contribution < -0.4 is 4.74 Å². The van der Waals surface area contributed by atoms with E-state index in [1.807, 2.05) is 36.4 Å². The van der Waals surface area contributed by atoms with Crippen LogP contribution in [0.3, 0.4) is 0 Å². The van der Waals surface area contributed by atoms with E-state index in [2.05, 4.69) is 5.10 Å². The van der Waals surface area contributed by atoms with Crippen LogP contribution in [0.25, 0.3) is 0 Å². The number of halogens is 1. The molecular formula is C21H21ClN2O4. The van der Waals surface area contributed by atoms with Crippen LogP contribution in [-0.2, 0) is 9.59 Å². The van der Waals surface area contributed by atoms with Crippen molar-refractivity contribution >= 4 is 29.2 Å². The molecular weight excluding hydrogens is 380 g/mol. The highest BCUT2D eigenvalue weighted by Crippen LogP contribution is 2.34. The van der Waals surface area contributed by atoms with Gasteiger partial charge in [0.2, 0.25) is 5.91 Å². The third-order valence-electron chi connectivity index (χ3n) is 4.63. The molecule has 1 aliphatic heterocycles. The molecule has 0 spiro atoms. The lowest BCUT2D eigenvalue weighted by Crippen LogP contribution is -2.27. The predicted molar refractivity (Wildman–Crippen MR) is 107 cm³/mol. The van der Waals surface area contributed by atoms with E-state index < -0.39 is 5.97 Å². The molecule has 1 amide bonds. The number of carbonyl (C=O) groups excluding carboxylic acids is 1. The smallest absolute Gasteiger partial charge is 0.303 e. The van der Waals surface area contributed by atoms with Crippen LogP contribution in [0.15, 0.2) is 53.6 Å². The Labute approximate surface area is 168 Å². The number of carboxylic acid groups (broad SMARTS) is 1. The highest BCUT2D eigenvalue weighted by atomic mass is 35.5. The number of hydrazone groups is 1. The molecule has 0 saturated heterocycles. The van der Waals surface area contributed by atoms with Crippen molar-refractivity contribution in [3.8, 4) is 5.75 Å². The molecule has 2 aromatic rings. The van der Waals surface area contributed by atoms with Gasteiger partial charge in [0.05, 0.1) is 18.9 Å². The van der Waals surface area contributed by atoms with Crippen molar-refractivity contribution < 1.29 is 19.4 Å². The van der Waals surface area contributed by atoms with E-state index in [0.29, 0.717) is 11.4 Å². The van der Waals surface area contributed by atoms with Gasteiger partial charge in [-0.15, -0.1) is 0 Å². The minimum atomic E-state index is -0.911. The first-order chi connectivity index (χ1) is 13.5. The molecule has 0 fully saturated rings. The van der Waals surface area contributed by atoms with Gasteiger partial charge in [-0.05, 0) is 53.9 Å². The van der Waals surface area contributed by atoms with Crippen molar-refractivity contribution in [2.24, 2.45) is 5.10 Å². The molecule has 0 aromatic heterocycles. The quantitative estimate of drug-likeness (QED) is 0.752. The summed E-state index contributed by atoms with van der Waals surface area (Å²) in [5.41, 5.74) is 2.65. The number of carboxylic acids is 1. The molecule has 0 unspecified atom stereocenters. The summed E-state index contributed by atoms with van der Waals surface area (Å²) in [5.74, 6) is -0.353. The number of ether oxygens (including phenoxy) is 1. The fraction of sp³-hybridized carbons (Fsp3) is 0.286. The summed E-state index contributed by atoms with van der Waals surface area (Å²) in [6, 6.07) is 14.6. The van der Waals surface area contributed by atoms with E-state index in [1.165, 1.54) is 5.01 Å². The Morgan fingerprint density at radius 3 is 2.43 bits per heavy atom. The summed E-state index contributed by atoms with van der Waals surface area (Å²) < 4.78 is 5.19. The van der Waals surface area contributed by atoms with Gasteiger partial charge in [-0.3, -0.25) is 9.59 Å². The first-order valence-corrected chi connectivity index (χ1v) is 9.37. The zero-order chi connectivity index (χ0) is 20.1. The second-order valence-corrected chi connectivity index (χ2v) is 6.97. The van der Waals surface area contributed by atoms with E-state index in [1.54, 1.807) is 19.2 Å². The minimum Gasteiger partial charge on any atom is -0.497 e. The molecule has 0 bridgehead atoms. The fourth-order valence-electron chi connectivity index (χ4n) is 3.15. The van der Waals surface area contributed by atoms with E-state index in [9.17, 15) is 9.59 Å². The van der Waals surface area contributed by atoms with Gasteiger partial charge in [-0.2, -0.15) is 5.10 Å². The number of hydrogen-bond acceptors (Lipinski definition) is 4. The molecule has 146 valence electrons. The van der Waals surface area contributed by atoms with E-state index in [0.717, 1.165) is 22.6 Å². The molecule has 0 radical (unpaired) electrons. The van der Waals surface area contributed by atoms with Gasteiger partial charge in [-0.25, -0.2) is 5.01 Å². The molecule has 28 heavy (non-hydrogen) atoms. The molecule has 1 heterocycles. The molecule has 7 heteroatoms. The number of methoxy groups -OCH3 is 1. The number of hydrogen-bond donors (Lipinski definition) is 1. The number of aliphatic carboxylic acids is 1. The number of rotatable bonds is 7. The summed E-state index contributed by atoms with van der Waals surface area (Å²) in [6.45, 7) is 0. The van der Waals surface area contributed by atoms with Crippen molar-refractivity contribution in [2.45, 2.75) is 31.7 Å². The summed E-state index contributed by atoms with van der Waals surface area (Å²) >= 11 is 5.99. The lowest BCUT2D eigenvalue weighted by Gasteiger charge is -2.22. The number of carbonyl (C=O) groups is 2. The zero-order valence-corrected chi connectivity index (χ0v) is 16.2. The maximum absolute atomic E-state index is 12.7. The molecule has 0 aliphatic carbocycles. The maximum Gasteiger partial charge on any atom is 0.303 e. The second kappa shape index (κ2) is 8.89. The number of nitrogens with zero attached hydrogens (tertiary/aromatic N) is 2. The van der Waals surface area contributed by atoms with E-state index >= 15 is 0 Å². The van der Waals surface area contributed by atoms with Crippen molar-refractivity contribution in [1.82, 2.24) is 5.01 Å². The van der Waals surface area contributed by atoms with Gasteiger partial charge in [-0.1, -0.05) is 23.7 Å². The van der Waals surface area contributed by atoms with Gasteiger partial charge >= 0.3 is 5.97 Å². The molecule has 1 aliphatic rings. The Morgan fingerprint density at radius 1 is 1.14 bits per heavy atom. The summed E-state index contributed by atoms with van der Waals surface area (Å²) in [7, 11) is 1.61. The van der Waals surface area contributed by atoms with Crippen LogP contribution in [0.5, 0.6) is 5.75 Å². The van der Waals surface area contributed by atoms with Crippen LogP contribution in [0, 0.1) is 0 Å². The number of amides is 1. The molecule has 2 aromatic carbocycles. The average molecular weight is 401 g/mol. The highest BCUT2D eigenvalue weighted by Gasteiger charge is 2.32. The third-order valence-corrected chi connectivity index (χ3v) is 4.88. The topological polar surface area (TPSA) is 79.2 Å². The Hall–Kier alpha value is -2.86. The lowest BCUT2D eigenvalue weighted by atomic mass is 9.98. The maximum atomic E-state index is 12.7. The van der Waals surface area contributed by atoms with Crippen LogP contribution in [0.2, 0.25) is 5.02 Å². The normalized spacial score (nSPS) is 16.0. The zero-order valence-electron chi connectivity index (χ0n) is 15.5. The second-order valence-electron chi connectivity index (χ2n) is 6.53. The van der Waals surface area contributed by atoms with Gasteiger partial charge in [0.1, 0.15) is 5.75 Å². The summed E-state index contributed by atoms with van der Waals surface area (Å²) in [5, 5.41) is 15.5. The predicted octanol–water partition coefficient (Wildman–Crippen LogP) is 4.28. The minimum absolute atomic E-state index is 0.0414. The first-order valence-electron chi connectivity index (χ1n) is 8.99.